The molecule has 0 radical (unpaired) electrons. The summed E-state index contributed by atoms with van der Waals surface area (Å²) in [7, 11) is 0. The lowest BCUT2D eigenvalue weighted by atomic mass is 10.1. The molecule has 0 aliphatic carbocycles. The number of anilines is 1. The zero-order chi connectivity index (χ0) is 25.2. The number of benzene rings is 2. The van der Waals surface area contributed by atoms with E-state index in [0.717, 1.165) is 5.69 Å². The van der Waals surface area contributed by atoms with Gasteiger partial charge in [-0.2, -0.15) is 0 Å². The number of nitrogens with zero attached hydrogens (tertiary/aromatic N) is 5. The van der Waals surface area contributed by atoms with Crippen molar-refractivity contribution in [1.82, 2.24) is 24.5 Å². The van der Waals surface area contributed by atoms with Gasteiger partial charge in [-0.3, -0.25) is 15.1 Å². The van der Waals surface area contributed by atoms with E-state index in [1.54, 1.807) is 76.1 Å². The van der Waals surface area contributed by atoms with E-state index in [1.165, 1.54) is 0 Å². The van der Waals surface area contributed by atoms with Crippen molar-refractivity contribution in [2.24, 2.45) is 0 Å². The number of amides is 3. The summed E-state index contributed by atoms with van der Waals surface area (Å²) in [5.41, 5.74) is 1.93. The number of aromatic nitrogens is 2. The number of ether oxygens (including phenoxy) is 1. The van der Waals surface area contributed by atoms with E-state index in [0.29, 0.717) is 54.8 Å². The highest BCUT2D eigenvalue weighted by molar-refractivity contribution is 6.30. The summed E-state index contributed by atoms with van der Waals surface area (Å²) in [6, 6.07) is 15.4. The number of hydrogen-bond acceptors (Lipinski definition) is 6. The van der Waals surface area contributed by atoms with Crippen LogP contribution in [0.1, 0.15) is 23.2 Å². The van der Waals surface area contributed by atoms with Crippen molar-refractivity contribution < 1.29 is 19.1 Å². The molecule has 2 aromatic carbocycles. The molecule has 0 spiro atoms. The highest BCUT2D eigenvalue weighted by atomic mass is 35.5. The van der Waals surface area contributed by atoms with E-state index < -0.39 is 12.2 Å². The van der Waals surface area contributed by atoms with Crippen LogP contribution >= 0.6 is 11.6 Å². The van der Waals surface area contributed by atoms with E-state index in [9.17, 15) is 14.4 Å². The third-order valence-corrected chi connectivity index (χ3v) is 6.54. The van der Waals surface area contributed by atoms with Gasteiger partial charge in [0.1, 0.15) is 5.82 Å². The predicted molar refractivity (Wildman–Crippen MR) is 132 cm³/mol. The molecule has 0 saturated carbocycles. The number of imidazole rings is 1. The van der Waals surface area contributed by atoms with Crippen molar-refractivity contribution >= 4 is 35.3 Å². The third-order valence-electron chi connectivity index (χ3n) is 6.29. The number of carbonyl (C=O) groups excluding carboxylic acids is 3. The molecule has 1 saturated heterocycles. The summed E-state index contributed by atoms with van der Waals surface area (Å²) >= 11 is 5.90. The number of hydrogen-bond donors (Lipinski definition) is 1. The summed E-state index contributed by atoms with van der Waals surface area (Å²) in [5, 5.41) is 6.82. The van der Waals surface area contributed by atoms with Crippen molar-refractivity contribution in [3.8, 4) is 0 Å². The second kappa shape index (κ2) is 10.00. The van der Waals surface area contributed by atoms with Gasteiger partial charge in [-0.25, -0.2) is 24.1 Å². The number of carbonyl (C=O) groups is 3. The van der Waals surface area contributed by atoms with E-state index in [1.807, 2.05) is 11.1 Å². The zero-order valence-corrected chi connectivity index (χ0v) is 20.4. The fourth-order valence-electron chi connectivity index (χ4n) is 4.42. The minimum Gasteiger partial charge on any atom is -0.431 e. The van der Waals surface area contributed by atoms with Crippen LogP contribution in [0.2, 0.25) is 5.02 Å². The van der Waals surface area contributed by atoms with Crippen molar-refractivity contribution in [3.05, 3.63) is 82.9 Å². The van der Waals surface area contributed by atoms with Gasteiger partial charge in [-0.1, -0.05) is 41.9 Å². The van der Waals surface area contributed by atoms with E-state index in [-0.39, 0.29) is 11.9 Å². The number of rotatable bonds is 5. The molecule has 36 heavy (non-hydrogen) atoms. The highest BCUT2D eigenvalue weighted by Crippen LogP contribution is 2.25. The normalized spacial score (nSPS) is 16.6. The van der Waals surface area contributed by atoms with Crippen molar-refractivity contribution in [3.63, 3.8) is 0 Å². The molecule has 1 aromatic heterocycles. The van der Waals surface area contributed by atoms with Crippen LogP contribution in [-0.2, 0) is 16.1 Å². The molecule has 3 heterocycles. The Bertz CT molecular complexity index is 1270. The van der Waals surface area contributed by atoms with Crippen molar-refractivity contribution in [2.45, 2.75) is 19.6 Å². The van der Waals surface area contributed by atoms with Gasteiger partial charge in [0.15, 0.2) is 0 Å². The van der Waals surface area contributed by atoms with Gasteiger partial charge < -0.3 is 9.64 Å². The molecule has 5 rings (SSSR count). The zero-order valence-electron chi connectivity index (χ0n) is 19.6. The highest BCUT2D eigenvalue weighted by Gasteiger charge is 2.37. The Balaban J connectivity index is 1.24. The molecule has 1 atom stereocenters. The molecule has 3 amide bonds. The van der Waals surface area contributed by atoms with Gasteiger partial charge in [0.25, 0.3) is 5.91 Å². The van der Waals surface area contributed by atoms with Crippen LogP contribution in [0.15, 0.2) is 60.8 Å². The average molecular weight is 509 g/mol. The van der Waals surface area contributed by atoms with Gasteiger partial charge >= 0.3 is 12.1 Å². The number of aryl methyl sites for hydroxylation is 1. The Labute approximate surface area is 213 Å². The lowest BCUT2D eigenvalue weighted by Crippen LogP contribution is -2.56. The number of fused-ring (bicyclic) bond motifs is 1. The first-order chi connectivity index (χ1) is 17.4. The Kier molecular flexibility index (Phi) is 6.62. The van der Waals surface area contributed by atoms with E-state index >= 15 is 0 Å². The van der Waals surface area contributed by atoms with Gasteiger partial charge in [0.2, 0.25) is 6.10 Å². The first-order valence-corrected chi connectivity index (χ1v) is 12.0. The lowest BCUT2D eigenvalue weighted by Gasteiger charge is -2.39. The van der Waals surface area contributed by atoms with Crippen molar-refractivity contribution in [1.29, 1.82) is 0 Å². The number of halogens is 1. The van der Waals surface area contributed by atoms with Crippen LogP contribution in [0, 0.1) is 6.92 Å². The molecule has 10 nitrogen and oxygen atoms in total. The summed E-state index contributed by atoms with van der Waals surface area (Å²) < 4.78 is 7.22. The molecule has 2 aliphatic heterocycles. The maximum atomic E-state index is 13.5. The topological polar surface area (TPSA) is 100 Å². The van der Waals surface area contributed by atoms with E-state index in [4.69, 9.17) is 16.3 Å². The Morgan fingerprint density at radius 2 is 1.72 bits per heavy atom. The molecule has 1 N–H and O–H groups in total. The second-order valence-corrected chi connectivity index (χ2v) is 9.02. The first-order valence-electron chi connectivity index (χ1n) is 11.6. The van der Waals surface area contributed by atoms with Gasteiger partial charge in [-0.05, 0) is 31.2 Å². The van der Waals surface area contributed by atoms with Crippen LogP contribution in [-0.4, -0.2) is 68.7 Å². The Hall–Kier alpha value is -3.89. The van der Waals surface area contributed by atoms with Crippen LogP contribution < -0.4 is 5.32 Å². The summed E-state index contributed by atoms with van der Waals surface area (Å²) in [6.45, 7) is 3.99. The van der Waals surface area contributed by atoms with Crippen LogP contribution in [0.4, 0.5) is 15.3 Å². The smallest absolute Gasteiger partial charge is 0.412 e. The standard InChI is InChI=1S/C25H25ClN6O4/c1-17-27-15-21-16-31(25(35)32(17)21)30-13-11-29(12-14-30)23(33)22(18-5-3-2-4-6-18)36-24(34)28-20-9-7-19(26)8-10-20/h2-10,15,22H,11-14,16H2,1H3,(H,28,34). The van der Waals surface area contributed by atoms with Gasteiger partial charge in [0, 0.05) is 42.5 Å². The number of nitrogens with one attached hydrogen (secondary N) is 1. The Morgan fingerprint density at radius 3 is 2.39 bits per heavy atom. The molecule has 186 valence electrons. The Morgan fingerprint density at radius 1 is 1.03 bits per heavy atom. The maximum Gasteiger partial charge on any atom is 0.412 e. The number of hydrazine groups is 1. The lowest BCUT2D eigenvalue weighted by molar-refractivity contribution is -0.144. The molecular weight excluding hydrogens is 484 g/mol. The fraction of sp³-hybridized carbons (Fsp3) is 0.280. The second-order valence-electron chi connectivity index (χ2n) is 8.58. The summed E-state index contributed by atoms with van der Waals surface area (Å²) in [5.74, 6) is 0.345. The molecular formula is C25H25ClN6O4. The molecule has 1 fully saturated rings. The predicted octanol–water partition coefficient (Wildman–Crippen LogP) is 3.68. The largest absolute Gasteiger partial charge is 0.431 e. The van der Waals surface area contributed by atoms with Crippen molar-refractivity contribution in [2.75, 3.05) is 31.5 Å². The molecule has 0 bridgehead atoms. The average Bonchev–Trinajstić information content (AvgIpc) is 3.43. The third kappa shape index (κ3) is 4.77. The van der Waals surface area contributed by atoms with E-state index in [2.05, 4.69) is 10.3 Å². The van der Waals surface area contributed by atoms with Gasteiger partial charge in [0.05, 0.1) is 18.4 Å². The summed E-state index contributed by atoms with van der Waals surface area (Å²) in [4.78, 5) is 44.8. The van der Waals surface area contributed by atoms with Crippen LogP contribution in [0.5, 0.6) is 0 Å². The SMILES string of the molecule is Cc1ncc2n1C(=O)N(N1CCN(C(=O)C(OC(=O)Nc3ccc(Cl)cc3)c3ccccc3)CC1)C2. The minimum atomic E-state index is -1.10. The molecule has 11 heteroatoms. The molecule has 3 aromatic rings. The first kappa shape index (κ1) is 23.8. The van der Waals surface area contributed by atoms with Gasteiger partial charge in [-0.15, -0.1) is 0 Å². The monoisotopic (exact) mass is 508 g/mol. The quantitative estimate of drug-likeness (QED) is 0.564. The van der Waals surface area contributed by atoms with Crippen LogP contribution in [0.3, 0.4) is 0 Å². The minimum absolute atomic E-state index is 0.135. The summed E-state index contributed by atoms with van der Waals surface area (Å²) in [6.07, 6.45) is -0.135. The molecule has 2 aliphatic rings. The van der Waals surface area contributed by atoms with Crippen LogP contribution in [0.25, 0.3) is 0 Å². The fourth-order valence-corrected chi connectivity index (χ4v) is 4.55. The maximum absolute atomic E-state index is 13.5. The number of piperazine rings is 1. The molecule has 1 unspecified atom stereocenters.